The molecule has 0 amide bonds. The predicted molar refractivity (Wildman–Crippen MR) is 110 cm³/mol. The molecule has 5 nitrogen and oxygen atoms in total. The lowest BCUT2D eigenvalue weighted by Crippen LogP contribution is -2.26. The van der Waals surface area contributed by atoms with E-state index < -0.39 is 0 Å². The molecule has 0 atom stereocenters. The maximum atomic E-state index is 12.1. The standard InChI is InChI=1S/C22H30N2O3/c1-4-5-10-23-18-6-7-21(27-19-8-11-26-12-9-19)20(14-18)17-13-16(2)22(25)24(3)15-17/h6-7,13-15,19,23H,4-5,8-12H2,1-3H3. The summed E-state index contributed by atoms with van der Waals surface area (Å²) < 4.78 is 13.4. The first-order valence-corrected chi connectivity index (χ1v) is 9.88. The van der Waals surface area contributed by atoms with E-state index >= 15 is 0 Å². The van der Waals surface area contributed by atoms with Crippen LogP contribution < -0.4 is 15.6 Å². The Morgan fingerprint density at radius 2 is 2.04 bits per heavy atom. The van der Waals surface area contributed by atoms with Crippen LogP contribution in [0.2, 0.25) is 0 Å². The average Bonchev–Trinajstić information content (AvgIpc) is 2.68. The first kappa shape index (κ1) is 19.5. The lowest BCUT2D eigenvalue weighted by atomic mass is 10.0. The number of rotatable bonds is 7. The van der Waals surface area contributed by atoms with Crippen molar-refractivity contribution in [2.45, 2.75) is 45.6 Å². The minimum Gasteiger partial charge on any atom is -0.490 e. The van der Waals surface area contributed by atoms with E-state index in [0.717, 1.165) is 73.6 Å². The highest BCUT2D eigenvalue weighted by Crippen LogP contribution is 2.34. The average molecular weight is 370 g/mol. The molecule has 0 radical (unpaired) electrons. The van der Waals surface area contributed by atoms with Gasteiger partial charge in [-0.25, -0.2) is 0 Å². The van der Waals surface area contributed by atoms with Crippen LogP contribution in [-0.2, 0) is 11.8 Å². The van der Waals surface area contributed by atoms with Gasteiger partial charge >= 0.3 is 0 Å². The van der Waals surface area contributed by atoms with Crippen molar-refractivity contribution in [3.05, 3.63) is 46.4 Å². The van der Waals surface area contributed by atoms with Gasteiger partial charge in [-0.3, -0.25) is 4.79 Å². The van der Waals surface area contributed by atoms with E-state index in [1.165, 1.54) is 0 Å². The molecule has 146 valence electrons. The molecule has 1 aliphatic heterocycles. The molecule has 0 aliphatic carbocycles. The van der Waals surface area contributed by atoms with Crippen molar-refractivity contribution < 1.29 is 9.47 Å². The summed E-state index contributed by atoms with van der Waals surface area (Å²) in [6.07, 6.45) is 6.16. The van der Waals surface area contributed by atoms with Crippen LogP contribution in [0, 0.1) is 6.92 Å². The molecule has 1 aliphatic rings. The van der Waals surface area contributed by atoms with E-state index in [1.54, 1.807) is 11.6 Å². The topological polar surface area (TPSA) is 52.5 Å². The van der Waals surface area contributed by atoms with Gasteiger partial charge in [-0.15, -0.1) is 0 Å². The Labute approximate surface area is 161 Å². The number of benzene rings is 1. The molecule has 2 aromatic rings. The third-order valence-corrected chi connectivity index (χ3v) is 4.97. The molecule has 1 N–H and O–H groups in total. The summed E-state index contributed by atoms with van der Waals surface area (Å²) >= 11 is 0. The molecule has 1 aromatic carbocycles. The van der Waals surface area contributed by atoms with Crippen LogP contribution in [0.25, 0.3) is 11.1 Å². The monoisotopic (exact) mass is 370 g/mol. The van der Waals surface area contributed by atoms with E-state index in [0.29, 0.717) is 0 Å². The predicted octanol–water partition coefficient (Wildman–Crippen LogP) is 4.13. The van der Waals surface area contributed by atoms with E-state index in [4.69, 9.17) is 9.47 Å². The molecule has 27 heavy (non-hydrogen) atoms. The molecule has 5 heteroatoms. The molecule has 1 aromatic heterocycles. The van der Waals surface area contributed by atoms with Crippen molar-refractivity contribution in [2.75, 3.05) is 25.1 Å². The Kier molecular flexibility index (Phi) is 6.56. The lowest BCUT2D eigenvalue weighted by Gasteiger charge is -2.25. The molecule has 0 spiro atoms. The fraction of sp³-hybridized carbons (Fsp3) is 0.500. The summed E-state index contributed by atoms with van der Waals surface area (Å²) in [5, 5.41) is 3.48. The van der Waals surface area contributed by atoms with Gasteiger partial charge in [-0.05, 0) is 37.6 Å². The molecule has 0 unspecified atom stereocenters. The Morgan fingerprint density at radius 1 is 1.26 bits per heavy atom. The number of hydrogen-bond donors (Lipinski definition) is 1. The number of pyridine rings is 1. The summed E-state index contributed by atoms with van der Waals surface area (Å²) in [6.45, 7) is 6.48. The maximum absolute atomic E-state index is 12.1. The third-order valence-electron chi connectivity index (χ3n) is 4.97. The zero-order valence-corrected chi connectivity index (χ0v) is 16.6. The molecule has 1 fully saturated rings. The van der Waals surface area contributed by atoms with Crippen LogP contribution in [-0.4, -0.2) is 30.4 Å². The van der Waals surface area contributed by atoms with E-state index in [1.807, 2.05) is 25.3 Å². The second-order valence-electron chi connectivity index (χ2n) is 7.25. The SMILES string of the molecule is CCCCNc1ccc(OC2CCOCC2)c(-c2cc(C)c(=O)n(C)c2)c1. The second kappa shape index (κ2) is 9.09. The summed E-state index contributed by atoms with van der Waals surface area (Å²) in [5.41, 5.74) is 3.85. The second-order valence-corrected chi connectivity index (χ2v) is 7.25. The van der Waals surface area contributed by atoms with Gasteiger partial charge in [0.2, 0.25) is 0 Å². The van der Waals surface area contributed by atoms with Crippen LogP contribution in [0.4, 0.5) is 5.69 Å². The quantitative estimate of drug-likeness (QED) is 0.745. The zero-order chi connectivity index (χ0) is 19.2. The molecule has 0 saturated carbocycles. The number of nitrogens with one attached hydrogen (secondary N) is 1. The summed E-state index contributed by atoms with van der Waals surface area (Å²) in [4.78, 5) is 12.1. The normalized spacial score (nSPS) is 14.9. The molecule has 2 heterocycles. The van der Waals surface area contributed by atoms with Gasteiger partial charge in [-0.1, -0.05) is 13.3 Å². The lowest BCUT2D eigenvalue weighted by molar-refractivity contribution is 0.0258. The van der Waals surface area contributed by atoms with Crippen LogP contribution in [0.5, 0.6) is 5.75 Å². The number of hydrogen-bond acceptors (Lipinski definition) is 4. The van der Waals surface area contributed by atoms with E-state index in [2.05, 4.69) is 24.4 Å². The van der Waals surface area contributed by atoms with Crippen molar-refractivity contribution in [1.82, 2.24) is 4.57 Å². The van der Waals surface area contributed by atoms with Gasteiger partial charge in [0.05, 0.1) is 13.2 Å². The summed E-state index contributed by atoms with van der Waals surface area (Å²) in [6, 6.07) is 8.19. The Morgan fingerprint density at radius 3 is 2.74 bits per heavy atom. The highest BCUT2D eigenvalue weighted by Gasteiger charge is 2.18. The van der Waals surface area contributed by atoms with E-state index in [9.17, 15) is 4.79 Å². The van der Waals surface area contributed by atoms with Crippen molar-refractivity contribution in [2.24, 2.45) is 7.05 Å². The molecular weight excluding hydrogens is 340 g/mol. The molecule has 0 bridgehead atoms. The van der Waals surface area contributed by atoms with Gasteiger partial charge in [-0.2, -0.15) is 0 Å². The Hall–Kier alpha value is -2.27. The Bertz CT molecular complexity index is 797. The number of anilines is 1. The highest BCUT2D eigenvalue weighted by atomic mass is 16.5. The van der Waals surface area contributed by atoms with E-state index in [-0.39, 0.29) is 11.7 Å². The fourth-order valence-corrected chi connectivity index (χ4v) is 3.38. The fourth-order valence-electron chi connectivity index (χ4n) is 3.38. The highest BCUT2D eigenvalue weighted by molar-refractivity contribution is 5.74. The first-order valence-electron chi connectivity index (χ1n) is 9.88. The van der Waals surface area contributed by atoms with Crippen molar-refractivity contribution in [3.8, 4) is 16.9 Å². The number of nitrogens with zero attached hydrogens (tertiary/aromatic N) is 1. The van der Waals surface area contributed by atoms with Gasteiger partial charge < -0.3 is 19.4 Å². The van der Waals surface area contributed by atoms with Crippen LogP contribution in [0.15, 0.2) is 35.3 Å². The molecular formula is C22H30N2O3. The van der Waals surface area contributed by atoms with Gasteiger partial charge in [0.1, 0.15) is 11.9 Å². The van der Waals surface area contributed by atoms with Crippen LogP contribution in [0.3, 0.4) is 0 Å². The van der Waals surface area contributed by atoms with Crippen molar-refractivity contribution >= 4 is 5.69 Å². The van der Waals surface area contributed by atoms with Crippen molar-refractivity contribution in [3.63, 3.8) is 0 Å². The minimum atomic E-state index is 0.0304. The Balaban J connectivity index is 1.95. The first-order chi connectivity index (χ1) is 13.1. The van der Waals surface area contributed by atoms with Gasteiger partial charge in [0, 0.05) is 55.0 Å². The zero-order valence-electron chi connectivity index (χ0n) is 16.6. The maximum Gasteiger partial charge on any atom is 0.253 e. The van der Waals surface area contributed by atoms with Crippen LogP contribution in [0.1, 0.15) is 38.2 Å². The smallest absolute Gasteiger partial charge is 0.253 e. The summed E-state index contributed by atoms with van der Waals surface area (Å²) in [5.74, 6) is 0.862. The van der Waals surface area contributed by atoms with Gasteiger partial charge in [0.25, 0.3) is 5.56 Å². The number of aryl methyl sites for hydroxylation is 2. The molecule has 1 saturated heterocycles. The van der Waals surface area contributed by atoms with Crippen LogP contribution >= 0.6 is 0 Å². The largest absolute Gasteiger partial charge is 0.490 e. The number of unbranched alkanes of at least 4 members (excludes halogenated alkanes) is 1. The molecule has 3 rings (SSSR count). The number of aromatic nitrogens is 1. The number of ether oxygens (including phenoxy) is 2. The van der Waals surface area contributed by atoms with Gasteiger partial charge in [0.15, 0.2) is 0 Å². The van der Waals surface area contributed by atoms with Crippen molar-refractivity contribution in [1.29, 1.82) is 0 Å². The third kappa shape index (κ3) is 4.92. The minimum absolute atomic E-state index is 0.0304. The summed E-state index contributed by atoms with van der Waals surface area (Å²) in [7, 11) is 1.79.